The van der Waals surface area contributed by atoms with Crippen molar-refractivity contribution >= 4 is 52.2 Å². The highest BCUT2D eigenvalue weighted by Crippen LogP contribution is 2.28. The van der Waals surface area contributed by atoms with E-state index in [9.17, 15) is 14.7 Å². The van der Waals surface area contributed by atoms with Crippen LogP contribution in [0, 0.1) is 0 Å². The van der Waals surface area contributed by atoms with Gasteiger partial charge < -0.3 is 20.6 Å². The van der Waals surface area contributed by atoms with Crippen LogP contribution in [0.25, 0.3) is 0 Å². The third kappa shape index (κ3) is 4.48. The van der Waals surface area contributed by atoms with Gasteiger partial charge in [-0.2, -0.15) is 0 Å². The second-order valence-corrected chi connectivity index (χ2v) is 7.24. The van der Waals surface area contributed by atoms with E-state index in [1.807, 2.05) is 6.92 Å². The lowest BCUT2D eigenvalue weighted by Crippen LogP contribution is -2.51. The first-order valence-electron chi connectivity index (χ1n) is 7.85. The standard InChI is InChI=1S/C17H18ClN3O3S.ClH/c1-10-9-21(6-5-19-10)17(24)13-4-7-25-16(13)20-15(23)12-3-2-11(18)8-14(12)22;/h2-4,7-8,10,19,22H,5-6,9H2,1H3,(H,20,23);1H. The molecule has 1 aliphatic rings. The van der Waals surface area contributed by atoms with Gasteiger partial charge in [-0.1, -0.05) is 11.6 Å². The molecule has 1 aliphatic heterocycles. The first kappa shape index (κ1) is 20.5. The van der Waals surface area contributed by atoms with E-state index in [0.29, 0.717) is 28.7 Å². The molecule has 1 aromatic heterocycles. The summed E-state index contributed by atoms with van der Waals surface area (Å²) in [5.74, 6) is -0.796. The fourth-order valence-corrected chi connectivity index (χ4v) is 3.67. The van der Waals surface area contributed by atoms with Crippen molar-refractivity contribution in [3.05, 3.63) is 45.8 Å². The zero-order valence-corrected chi connectivity index (χ0v) is 16.4. The van der Waals surface area contributed by atoms with Crippen molar-refractivity contribution in [1.82, 2.24) is 10.2 Å². The number of hydrogen-bond acceptors (Lipinski definition) is 5. The predicted octanol–water partition coefficient (Wildman–Crippen LogP) is 3.22. The van der Waals surface area contributed by atoms with Gasteiger partial charge >= 0.3 is 0 Å². The normalized spacial score (nSPS) is 16.7. The number of amides is 2. The van der Waals surface area contributed by atoms with Crippen molar-refractivity contribution in [2.45, 2.75) is 13.0 Å². The molecule has 2 amide bonds. The number of aromatic hydroxyl groups is 1. The fourth-order valence-electron chi connectivity index (χ4n) is 2.73. The summed E-state index contributed by atoms with van der Waals surface area (Å²) in [7, 11) is 0. The summed E-state index contributed by atoms with van der Waals surface area (Å²) in [4.78, 5) is 26.9. The number of benzene rings is 1. The van der Waals surface area contributed by atoms with Gasteiger partial charge in [-0.15, -0.1) is 23.7 Å². The number of phenolic OH excluding ortho intramolecular Hbond substituents is 1. The lowest BCUT2D eigenvalue weighted by molar-refractivity contribution is 0.0710. The Kier molecular flexibility index (Phi) is 6.88. The highest BCUT2D eigenvalue weighted by molar-refractivity contribution is 7.14. The van der Waals surface area contributed by atoms with Crippen LogP contribution in [0.2, 0.25) is 5.02 Å². The molecule has 3 rings (SSSR count). The van der Waals surface area contributed by atoms with Gasteiger partial charge in [0.15, 0.2) is 0 Å². The topological polar surface area (TPSA) is 81.7 Å². The van der Waals surface area contributed by atoms with Crippen LogP contribution in [-0.4, -0.2) is 47.5 Å². The molecule has 0 saturated carbocycles. The second-order valence-electron chi connectivity index (χ2n) is 5.89. The summed E-state index contributed by atoms with van der Waals surface area (Å²) >= 11 is 7.06. The number of anilines is 1. The van der Waals surface area contributed by atoms with Crippen LogP contribution in [0.5, 0.6) is 5.75 Å². The molecule has 0 aliphatic carbocycles. The quantitative estimate of drug-likeness (QED) is 0.718. The number of hydrogen-bond donors (Lipinski definition) is 3. The largest absolute Gasteiger partial charge is 0.507 e. The van der Waals surface area contributed by atoms with Crippen LogP contribution >= 0.6 is 35.3 Å². The molecular weight excluding hydrogens is 397 g/mol. The number of rotatable bonds is 3. The van der Waals surface area contributed by atoms with Crippen LogP contribution in [0.15, 0.2) is 29.6 Å². The molecule has 1 aromatic carbocycles. The SMILES string of the molecule is CC1CN(C(=O)c2ccsc2NC(=O)c2ccc(Cl)cc2O)CCN1.Cl. The minimum Gasteiger partial charge on any atom is -0.507 e. The van der Waals surface area contributed by atoms with Crippen LogP contribution in [0.1, 0.15) is 27.6 Å². The van der Waals surface area contributed by atoms with E-state index >= 15 is 0 Å². The lowest BCUT2D eigenvalue weighted by Gasteiger charge is -2.32. The van der Waals surface area contributed by atoms with Crippen molar-refractivity contribution in [2.24, 2.45) is 0 Å². The van der Waals surface area contributed by atoms with E-state index in [1.54, 1.807) is 16.3 Å². The predicted molar refractivity (Wildman–Crippen MR) is 106 cm³/mol. The Bertz CT molecular complexity index is 812. The molecule has 1 unspecified atom stereocenters. The first-order valence-corrected chi connectivity index (χ1v) is 9.11. The molecule has 0 spiro atoms. The average molecular weight is 416 g/mol. The molecule has 6 nitrogen and oxygen atoms in total. The number of nitrogens with zero attached hydrogens (tertiary/aromatic N) is 1. The Balaban J connectivity index is 0.00000243. The van der Waals surface area contributed by atoms with Crippen molar-refractivity contribution < 1.29 is 14.7 Å². The highest BCUT2D eigenvalue weighted by Gasteiger charge is 2.25. The molecule has 9 heteroatoms. The summed E-state index contributed by atoms with van der Waals surface area (Å²) < 4.78 is 0. The Labute approximate surface area is 166 Å². The molecule has 1 fully saturated rings. The number of phenols is 1. The Morgan fingerprint density at radius 3 is 2.81 bits per heavy atom. The third-order valence-electron chi connectivity index (χ3n) is 3.98. The van der Waals surface area contributed by atoms with Gasteiger partial charge in [0, 0.05) is 30.7 Å². The molecular formula is C17H19Cl2N3O3S. The maximum atomic E-state index is 12.7. The monoisotopic (exact) mass is 415 g/mol. The molecule has 2 heterocycles. The van der Waals surface area contributed by atoms with Gasteiger partial charge in [0.2, 0.25) is 0 Å². The highest BCUT2D eigenvalue weighted by atomic mass is 35.5. The second kappa shape index (κ2) is 8.73. The van der Waals surface area contributed by atoms with Crippen LogP contribution in [0.3, 0.4) is 0 Å². The molecule has 1 saturated heterocycles. The summed E-state index contributed by atoms with van der Waals surface area (Å²) in [6, 6.07) is 6.22. The van der Waals surface area contributed by atoms with Crippen LogP contribution in [-0.2, 0) is 0 Å². The number of carbonyl (C=O) groups is 2. The summed E-state index contributed by atoms with van der Waals surface area (Å²) in [6.07, 6.45) is 0. The third-order valence-corrected chi connectivity index (χ3v) is 5.05. The molecule has 2 aromatic rings. The van der Waals surface area contributed by atoms with Gasteiger partial charge in [-0.05, 0) is 36.6 Å². The number of piperazine rings is 1. The minimum atomic E-state index is -0.487. The number of thiophene rings is 1. The molecule has 0 radical (unpaired) electrons. The number of nitrogens with one attached hydrogen (secondary N) is 2. The molecule has 26 heavy (non-hydrogen) atoms. The van der Waals surface area contributed by atoms with Crippen LogP contribution in [0.4, 0.5) is 5.00 Å². The van der Waals surface area contributed by atoms with E-state index in [1.165, 1.54) is 29.5 Å². The van der Waals surface area contributed by atoms with Gasteiger partial charge in [0.1, 0.15) is 10.8 Å². The molecule has 140 valence electrons. The zero-order valence-electron chi connectivity index (χ0n) is 14.0. The van der Waals surface area contributed by atoms with Crippen molar-refractivity contribution in [3.8, 4) is 5.75 Å². The number of halogens is 2. The summed E-state index contributed by atoms with van der Waals surface area (Å²) in [6.45, 7) is 4.03. The van der Waals surface area contributed by atoms with E-state index in [0.717, 1.165) is 6.54 Å². The maximum absolute atomic E-state index is 12.7. The number of carbonyl (C=O) groups excluding carboxylic acids is 2. The van der Waals surface area contributed by atoms with E-state index in [4.69, 9.17) is 11.6 Å². The van der Waals surface area contributed by atoms with Gasteiger partial charge in [0.25, 0.3) is 11.8 Å². The summed E-state index contributed by atoms with van der Waals surface area (Å²) in [5, 5.41) is 18.5. The smallest absolute Gasteiger partial charge is 0.260 e. The molecule has 3 N–H and O–H groups in total. The lowest BCUT2D eigenvalue weighted by atomic mass is 10.1. The Morgan fingerprint density at radius 2 is 2.12 bits per heavy atom. The van der Waals surface area contributed by atoms with Gasteiger partial charge in [-0.25, -0.2) is 0 Å². The fraction of sp³-hybridized carbons (Fsp3) is 0.294. The van der Waals surface area contributed by atoms with Crippen LogP contribution < -0.4 is 10.6 Å². The zero-order chi connectivity index (χ0) is 18.0. The molecule has 0 bridgehead atoms. The van der Waals surface area contributed by atoms with E-state index < -0.39 is 5.91 Å². The van der Waals surface area contributed by atoms with E-state index in [2.05, 4.69) is 10.6 Å². The van der Waals surface area contributed by atoms with Gasteiger partial charge in [-0.3, -0.25) is 9.59 Å². The van der Waals surface area contributed by atoms with E-state index in [-0.39, 0.29) is 35.7 Å². The minimum absolute atomic E-state index is 0. The first-order chi connectivity index (χ1) is 12.0. The van der Waals surface area contributed by atoms with Crippen molar-refractivity contribution in [3.63, 3.8) is 0 Å². The molecule has 1 atom stereocenters. The summed E-state index contributed by atoms with van der Waals surface area (Å²) in [5.41, 5.74) is 0.563. The Morgan fingerprint density at radius 1 is 1.35 bits per heavy atom. The Hall–Kier alpha value is -1.80. The van der Waals surface area contributed by atoms with Crippen molar-refractivity contribution in [2.75, 3.05) is 25.0 Å². The maximum Gasteiger partial charge on any atom is 0.260 e. The van der Waals surface area contributed by atoms with Crippen molar-refractivity contribution in [1.29, 1.82) is 0 Å². The van der Waals surface area contributed by atoms with Gasteiger partial charge in [0.05, 0.1) is 11.1 Å². The average Bonchev–Trinajstić information content (AvgIpc) is 3.02.